The zero-order valence-corrected chi connectivity index (χ0v) is 13.8. The molecule has 0 aliphatic rings. The first-order valence-corrected chi connectivity index (χ1v) is 8.39. The third-order valence-electron chi connectivity index (χ3n) is 4.51. The summed E-state index contributed by atoms with van der Waals surface area (Å²) in [6, 6.07) is 24.5. The summed E-state index contributed by atoms with van der Waals surface area (Å²) in [5, 5.41) is 1.04. The molecule has 0 saturated heterocycles. The average molecular weight is 339 g/mol. The van der Waals surface area contributed by atoms with Gasteiger partial charge in [-0.3, -0.25) is 4.40 Å². The molecule has 0 atom stereocenters. The van der Waals surface area contributed by atoms with Crippen molar-refractivity contribution in [1.82, 2.24) is 14.4 Å². The maximum Gasteiger partial charge on any atom is 0.146 e. The minimum absolute atomic E-state index is 0.263. The maximum absolute atomic E-state index is 13.4. The lowest BCUT2D eigenvalue weighted by atomic mass is 10.1. The Labute approximate surface area is 149 Å². The van der Waals surface area contributed by atoms with E-state index in [9.17, 15) is 4.39 Å². The van der Waals surface area contributed by atoms with Gasteiger partial charge in [-0.05, 0) is 30.3 Å². The summed E-state index contributed by atoms with van der Waals surface area (Å²) in [5.74, 6) is 1.30. The van der Waals surface area contributed by atoms with Crippen LogP contribution in [-0.4, -0.2) is 14.4 Å². The molecule has 5 rings (SSSR count). The van der Waals surface area contributed by atoms with Crippen molar-refractivity contribution in [3.63, 3.8) is 0 Å². The van der Waals surface area contributed by atoms with E-state index in [0.717, 1.165) is 39.2 Å². The molecule has 0 unspecified atom stereocenters. The third kappa shape index (κ3) is 2.27. The van der Waals surface area contributed by atoms with E-state index < -0.39 is 0 Å². The second-order valence-electron chi connectivity index (χ2n) is 6.13. The molecule has 0 saturated carbocycles. The molecule has 2 aromatic heterocycles. The molecule has 0 fully saturated rings. The van der Waals surface area contributed by atoms with Gasteiger partial charge in [-0.25, -0.2) is 14.4 Å². The summed E-state index contributed by atoms with van der Waals surface area (Å²) in [7, 11) is 0. The van der Waals surface area contributed by atoms with Crippen molar-refractivity contribution >= 4 is 16.4 Å². The number of imidazole rings is 1. The molecule has 3 nitrogen and oxygen atoms in total. The largest absolute Gasteiger partial charge is 0.276 e. The molecule has 0 N–H and O–H groups in total. The number of aromatic nitrogens is 3. The van der Waals surface area contributed by atoms with Gasteiger partial charge in [0.15, 0.2) is 0 Å². The number of hydrogen-bond acceptors (Lipinski definition) is 2. The standard InChI is InChI=1S/C22H14FN3/c23-17-12-10-16(11-13-17)21-24-14-20-18-8-4-5-9-19(18)25-22(26(20)21)15-6-2-1-3-7-15/h1-14H. The predicted molar refractivity (Wildman–Crippen MR) is 101 cm³/mol. The van der Waals surface area contributed by atoms with E-state index in [2.05, 4.69) is 4.98 Å². The first kappa shape index (κ1) is 14.8. The quantitative estimate of drug-likeness (QED) is 0.434. The number of halogens is 1. The van der Waals surface area contributed by atoms with E-state index in [1.165, 1.54) is 12.1 Å². The number of nitrogens with zero attached hydrogens (tertiary/aromatic N) is 3. The molecule has 5 aromatic rings. The van der Waals surface area contributed by atoms with E-state index >= 15 is 0 Å². The van der Waals surface area contributed by atoms with Crippen LogP contribution in [0.25, 0.3) is 39.2 Å². The monoisotopic (exact) mass is 339 g/mol. The van der Waals surface area contributed by atoms with Gasteiger partial charge < -0.3 is 0 Å². The van der Waals surface area contributed by atoms with Crippen LogP contribution in [0.1, 0.15) is 0 Å². The zero-order chi connectivity index (χ0) is 17.5. The Bertz CT molecular complexity index is 1230. The molecule has 0 bridgehead atoms. The summed E-state index contributed by atoms with van der Waals surface area (Å²) < 4.78 is 15.4. The smallest absolute Gasteiger partial charge is 0.146 e. The van der Waals surface area contributed by atoms with Gasteiger partial charge in [0.2, 0.25) is 0 Å². The summed E-state index contributed by atoms with van der Waals surface area (Å²) in [5.41, 5.74) is 3.75. The summed E-state index contributed by atoms with van der Waals surface area (Å²) in [6.45, 7) is 0. The van der Waals surface area contributed by atoms with Crippen molar-refractivity contribution in [3.8, 4) is 22.8 Å². The highest BCUT2D eigenvalue weighted by atomic mass is 19.1. The van der Waals surface area contributed by atoms with Crippen molar-refractivity contribution in [3.05, 3.63) is 90.9 Å². The van der Waals surface area contributed by atoms with Crippen molar-refractivity contribution in [2.24, 2.45) is 0 Å². The average Bonchev–Trinajstić information content (AvgIpc) is 3.14. The normalized spacial score (nSPS) is 11.3. The zero-order valence-electron chi connectivity index (χ0n) is 13.8. The Hall–Kier alpha value is -3.53. The first-order chi connectivity index (χ1) is 12.8. The molecule has 2 heterocycles. The van der Waals surface area contributed by atoms with Gasteiger partial charge in [-0.1, -0.05) is 48.5 Å². The van der Waals surface area contributed by atoms with Gasteiger partial charge in [-0.15, -0.1) is 0 Å². The van der Waals surface area contributed by atoms with Crippen molar-refractivity contribution in [2.45, 2.75) is 0 Å². The van der Waals surface area contributed by atoms with Gasteiger partial charge in [0.05, 0.1) is 17.2 Å². The molecule has 4 heteroatoms. The van der Waals surface area contributed by atoms with E-state index in [0.29, 0.717) is 0 Å². The van der Waals surface area contributed by atoms with E-state index in [4.69, 9.17) is 4.98 Å². The Kier molecular flexibility index (Phi) is 3.28. The van der Waals surface area contributed by atoms with Gasteiger partial charge in [0, 0.05) is 16.5 Å². The molecule has 0 amide bonds. The SMILES string of the molecule is Fc1ccc(-c2ncc3c4ccccc4nc(-c4ccccc4)n23)cc1. The van der Waals surface area contributed by atoms with Crippen molar-refractivity contribution < 1.29 is 4.39 Å². The highest BCUT2D eigenvalue weighted by molar-refractivity contribution is 5.96. The van der Waals surface area contributed by atoms with Crippen LogP contribution in [0.5, 0.6) is 0 Å². The molecule has 0 spiro atoms. The molecular weight excluding hydrogens is 325 g/mol. The van der Waals surface area contributed by atoms with Crippen LogP contribution in [0.4, 0.5) is 4.39 Å². The van der Waals surface area contributed by atoms with Crippen LogP contribution in [0, 0.1) is 5.82 Å². The number of fused-ring (bicyclic) bond motifs is 3. The second kappa shape index (κ2) is 5.77. The van der Waals surface area contributed by atoms with Gasteiger partial charge in [0.25, 0.3) is 0 Å². The minimum atomic E-state index is -0.263. The van der Waals surface area contributed by atoms with Crippen molar-refractivity contribution in [1.29, 1.82) is 0 Å². The number of para-hydroxylation sites is 1. The lowest BCUT2D eigenvalue weighted by molar-refractivity contribution is 0.628. The van der Waals surface area contributed by atoms with Crippen LogP contribution in [0.2, 0.25) is 0 Å². The molecular formula is C22H14FN3. The molecule has 124 valence electrons. The Morgan fingerprint density at radius 1 is 0.692 bits per heavy atom. The van der Waals surface area contributed by atoms with Crippen molar-refractivity contribution in [2.75, 3.05) is 0 Å². The number of rotatable bonds is 2. The molecule has 3 aromatic carbocycles. The highest BCUT2D eigenvalue weighted by Crippen LogP contribution is 2.30. The predicted octanol–water partition coefficient (Wildman–Crippen LogP) is 5.36. The van der Waals surface area contributed by atoms with Crippen LogP contribution in [0.3, 0.4) is 0 Å². The van der Waals surface area contributed by atoms with Crippen LogP contribution < -0.4 is 0 Å². The Morgan fingerprint density at radius 3 is 2.19 bits per heavy atom. The highest BCUT2D eigenvalue weighted by Gasteiger charge is 2.15. The fourth-order valence-corrected chi connectivity index (χ4v) is 3.29. The van der Waals surface area contributed by atoms with Gasteiger partial charge in [0.1, 0.15) is 17.5 Å². The molecule has 26 heavy (non-hydrogen) atoms. The van der Waals surface area contributed by atoms with E-state index in [-0.39, 0.29) is 5.82 Å². The molecule has 0 aliphatic heterocycles. The summed E-state index contributed by atoms with van der Waals surface area (Å²) in [6.07, 6.45) is 1.86. The van der Waals surface area contributed by atoms with Crippen LogP contribution in [0.15, 0.2) is 85.1 Å². The molecule has 0 aliphatic carbocycles. The third-order valence-corrected chi connectivity index (χ3v) is 4.51. The van der Waals surface area contributed by atoms with Crippen LogP contribution in [-0.2, 0) is 0 Å². The number of benzene rings is 3. The van der Waals surface area contributed by atoms with Gasteiger partial charge in [-0.2, -0.15) is 0 Å². The summed E-state index contributed by atoms with van der Waals surface area (Å²) >= 11 is 0. The molecule has 0 radical (unpaired) electrons. The van der Waals surface area contributed by atoms with E-state index in [1.807, 2.05) is 65.2 Å². The fourth-order valence-electron chi connectivity index (χ4n) is 3.29. The lowest BCUT2D eigenvalue weighted by Crippen LogP contribution is -1.99. The second-order valence-corrected chi connectivity index (χ2v) is 6.13. The van der Waals surface area contributed by atoms with Crippen LogP contribution >= 0.6 is 0 Å². The maximum atomic E-state index is 13.4. The Balaban J connectivity index is 1.91. The van der Waals surface area contributed by atoms with Gasteiger partial charge >= 0.3 is 0 Å². The lowest BCUT2D eigenvalue weighted by Gasteiger charge is -2.11. The fraction of sp³-hybridized carbons (Fsp3) is 0. The van der Waals surface area contributed by atoms with E-state index in [1.54, 1.807) is 12.1 Å². The summed E-state index contributed by atoms with van der Waals surface area (Å²) in [4.78, 5) is 9.53. The topological polar surface area (TPSA) is 30.2 Å². The number of hydrogen-bond donors (Lipinski definition) is 0. The minimum Gasteiger partial charge on any atom is -0.276 e. The first-order valence-electron chi connectivity index (χ1n) is 8.39. The Morgan fingerprint density at radius 2 is 1.38 bits per heavy atom.